The second-order valence-electron chi connectivity index (χ2n) is 4.19. The van der Waals surface area contributed by atoms with Crippen LogP contribution in [0, 0.1) is 0 Å². The molecule has 1 aromatic carbocycles. The highest BCUT2D eigenvalue weighted by molar-refractivity contribution is 7.99. The van der Waals surface area contributed by atoms with Crippen LogP contribution in [0.1, 0.15) is 1.37 Å². The van der Waals surface area contributed by atoms with E-state index in [9.17, 15) is 0 Å². The fourth-order valence-corrected chi connectivity index (χ4v) is 3.78. The number of hydrogen-bond donors (Lipinski definition) is 0. The van der Waals surface area contributed by atoms with Crippen LogP contribution in [0.4, 0.5) is 0 Å². The van der Waals surface area contributed by atoms with E-state index < -0.39 is 8.07 Å². The van der Waals surface area contributed by atoms with Gasteiger partial charge >= 0.3 is 0 Å². The highest BCUT2D eigenvalue weighted by Crippen LogP contribution is 2.21. The lowest BCUT2D eigenvalue weighted by atomic mass is 10.4. The molecule has 0 bridgehead atoms. The van der Waals surface area contributed by atoms with Crippen LogP contribution in [0.5, 0.6) is 0 Å². The van der Waals surface area contributed by atoms with Crippen molar-refractivity contribution in [2.45, 2.75) is 30.6 Å². The monoisotopic (exact) mass is 211 g/mol. The van der Waals surface area contributed by atoms with E-state index in [1.54, 1.807) is 11.8 Å². The first-order valence-corrected chi connectivity index (χ1v) is 9.16. The number of benzene rings is 1. The summed E-state index contributed by atoms with van der Waals surface area (Å²) in [6, 6.07) is 10.5. The Hall–Kier alpha value is -0.213. The molecule has 0 amide bonds. The molecule has 0 aliphatic heterocycles. The van der Waals surface area contributed by atoms with Gasteiger partial charge in [-0.15, -0.1) is 11.8 Å². The minimum Gasteiger partial charge on any atom is -0.126 e. The third kappa shape index (κ3) is 5.16. The lowest BCUT2D eigenvalue weighted by Crippen LogP contribution is -2.19. The fourth-order valence-electron chi connectivity index (χ4n) is 0.905. The zero-order valence-corrected chi connectivity index (χ0v) is 10.4. The van der Waals surface area contributed by atoms with E-state index in [4.69, 9.17) is 1.37 Å². The second kappa shape index (κ2) is 4.87. The maximum Gasteiger partial charge on any atom is 0.0450 e. The van der Waals surface area contributed by atoms with E-state index in [1.165, 1.54) is 4.90 Å². The molecule has 0 fully saturated rings. The van der Waals surface area contributed by atoms with Gasteiger partial charge in [-0.3, -0.25) is 0 Å². The Balaban J connectivity index is 2.42. The third-order valence-electron chi connectivity index (χ3n) is 1.69. The third-order valence-corrected chi connectivity index (χ3v) is 4.35. The van der Waals surface area contributed by atoms with Crippen LogP contribution in [0.3, 0.4) is 0 Å². The van der Waals surface area contributed by atoms with Gasteiger partial charge in [0, 0.05) is 14.3 Å². The van der Waals surface area contributed by atoms with Gasteiger partial charge in [-0.05, 0) is 23.9 Å². The summed E-state index contributed by atoms with van der Waals surface area (Å²) in [6.07, 6.45) is 0. The predicted octanol–water partition coefficient (Wildman–Crippen LogP) is 4.12. The van der Waals surface area contributed by atoms with Crippen molar-refractivity contribution in [2.75, 3.05) is 5.75 Å². The molecular formula is C11H18SSi. The van der Waals surface area contributed by atoms with Gasteiger partial charge in [-0.25, -0.2) is 0 Å². The summed E-state index contributed by atoms with van der Waals surface area (Å²) in [4.78, 5) is 1.28. The van der Waals surface area contributed by atoms with Crippen LogP contribution >= 0.6 is 11.8 Å². The SMILES string of the molecule is [2H]C(CSc1ccccc1)[Si](C)(C)C. The van der Waals surface area contributed by atoms with E-state index in [0.717, 1.165) is 5.75 Å². The summed E-state index contributed by atoms with van der Waals surface area (Å²) < 4.78 is 8.01. The van der Waals surface area contributed by atoms with Gasteiger partial charge < -0.3 is 0 Å². The van der Waals surface area contributed by atoms with Crippen molar-refractivity contribution in [3.63, 3.8) is 0 Å². The van der Waals surface area contributed by atoms with E-state index in [1.807, 2.05) is 6.07 Å². The van der Waals surface area contributed by atoms with E-state index in [2.05, 4.69) is 43.9 Å². The van der Waals surface area contributed by atoms with Crippen LogP contribution < -0.4 is 0 Å². The first kappa shape index (κ1) is 9.35. The molecule has 0 radical (unpaired) electrons. The summed E-state index contributed by atoms with van der Waals surface area (Å²) in [5, 5.41) is 0. The average molecular weight is 211 g/mol. The summed E-state index contributed by atoms with van der Waals surface area (Å²) in [6.45, 7) is 6.78. The smallest absolute Gasteiger partial charge is 0.0450 e. The largest absolute Gasteiger partial charge is 0.126 e. The molecule has 0 saturated carbocycles. The first-order chi connectivity index (χ1) is 6.50. The molecule has 1 rings (SSSR count). The quantitative estimate of drug-likeness (QED) is 0.533. The van der Waals surface area contributed by atoms with Gasteiger partial charge in [0.1, 0.15) is 0 Å². The van der Waals surface area contributed by atoms with Gasteiger partial charge in [0.15, 0.2) is 0 Å². The molecule has 72 valence electrons. The molecular weight excluding hydrogens is 192 g/mol. The first-order valence-electron chi connectivity index (χ1n) is 5.18. The molecule has 0 aliphatic carbocycles. The van der Waals surface area contributed by atoms with Crippen molar-refractivity contribution in [2.24, 2.45) is 0 Å². The lowest BCUT2D eigenvalue weighted by Gasteiger charge is -2.14. The predicted molar refractivity (Wildman–Crippen MR) is 65.3 cm³/mol. The molecule has 0 aromatic heterocycles. The molecule has 13 heavy (non-hydrogen) atoms. The highest BCUT2D eigenvalue weighted by atomic mass is 32.2. The van der Waals surface area contributed by atoms with Crippen molar-refractivity contribution in [1.82, 2.24) is 0 Å². The summed E-state index contributed by atoms with van der Waals surface area (Å²) in [7, 11) is -1.27. The Morgan fingerprint density at radius 3 is 2.38 bits per heavy atom. The van der Waals surface area contributed by atoms with E-state index >= 15 is 0 Å². The Bertz CT molecular complexity index is 268. The van der Waals surface area contributed by atoms with Gasteiger partial charge in [0.2, 0.25) is 0 Å². The molecule has 1 atom stereocenters. The minimum atomic E-state index is -1.27. The van der Waals surface area contributed by atoms with Crippen LogP contribution in [-0.2, 0) is 0 Å². The molecule has 1 aromatic rings. The van der Waals surface area contributed by atoms with Crippen LogP contribution in [0.15, 0.2) is 35.2 Å². The zero-order chi connectivity index (χ0) is 10.6. The minimum absolute atomic E-state index is 0.132. The van der Waals surface area contributed by atoms with Crippen molar-refractivity contribution < 1.29 is 1.37 Å². The van der Waals surface area contributed by atoms with Gasteiger partial charge in [-0.1, -0.05) is 37.8 Å². The standard InChI is InChI=1S/C11H18SSi/c1-13(2,3)10-9-12-11-7-5-4-6-8-11/h4-8H,9-10H2,1-3H3/i10D. The highest BCUT2D eigenvalue weighted by Gasteiger charge is 2.11. The molecule has 2 heteroatoms. The summed E-state index contributed by atoms with van der Waals surface area (Å²) >= 11 is 1.80. The fraction of sp³-hybridized carbons (Fsp3) is 0.455. The number of thioether (sulfide) groups is 1. The second-order valence-corrected chi connectivity index (χ2v) is 10.4. The lowest BCUT2D eigenvalue weighted by molar-refractivity contribution is 1.36. The van der Waals surface area contributed by atoms with Gasteiger partial charge in [-0.2, -0.15) is 0 Å². The van der Waals surface area contributed by atoms with Crippen LogP contribution in [0.25, 0.3) is 0 Å². The molecule has 0 nitrogen and oxygen atoms in total. The van der Waals surface area contributed by atoms with Crippen molar-refractivity contribution in [1.29, 1.82) is 0 Å². The van der Waals surface area contributed by atoms with Gasteiger partial charge in [0.05, 0.1) is 0 Å². The molecule has 0 heterocycles. The average Bonchev–Trinajstić information content (AvgIpc) is 2.14. The van der Waals surface area contributed by atoms with Crippen LogP contribution in [0.2, 0.25) is 25.7 Å². The van der Waals surface area contributed by atoms with Crippen LogP contribution in [-0.4, -0.2) is 13.8 Å². The van der Waals surface area contributed by atoms with Crippen molar-refractivity contribution in [3.05, 3.63) is 30.3 Å². The van der Waals surface area contributed by atoms with Crippen molar-refractivity contribution in [3.8, 4) is 0 Å². The summed E-state index contributed by atoms with van der Waals surface area (Å²) in [5.41, 5.74) is 0. The Morgan fingerprint density at radius 1 is 1.23 bits per heavy atom. The Morgan fingerprint density at radius 2 is 1.85 bits per heavy atom. The molecule has 0 saturated heterocycles. The number of hydrogen-bond acceptors (Lipinski definition) is 1. The topological polar surface area (TPSA) is 0 Å². The molecule has 0 N–H and O–H groups in total. The molecule has 0 aliphatic rings. The normalized spacial score (nSPS) is 15.2. The van der Waals surface area contributed by atoms with E-state index in [-0.39, 0.29) is 6.02 Å². The maximum atomic E-state index is 8.01. The molecule has 0 spiro atoms. The zero-order valence-electron chi connectivity index (χ0n) is 9.58. The van der Waals surface area contributed by atoms with Crippen molar-refractivity contribution >= 4 is 19.8 Å². The summed E-state index contributed by atoms with van der Waals surface area (Å²) in [5.74, 6) is 0.930. The molecule has 1 unspecified atom stereocenters. The maximum absolute atomic E-state index is 8.01. The van der Waals surface area contributed by atoms with E-state index in [0.29, 0.717) is 0 Å². The number of rotatable bonds is 4. The Kier molecular flexibility index (Phi) is 3.50. The van der Waals surface area contributed by atoms with Gasteiger partial charge in [0.25, 0.3) is 0 Å². The Labute approximate surface area is 88.2 Å².